The monoisotopic (exact) mass is 166 g/mol. The third-order valence-electron chi connectivity index (χ3n) is 1.43. The van der Waals surface area contributed by atoms with Gasteiger partial charge in [-0.3, -0.25) is 4.79 Å². The lowest BCUT2D eigenvalue weighted by molar-refractivity contribution is 0.0957. The highest BCUT2D eigenvalue weighted by atomic mass is 16.3. The fourth-order valence-electron chi connectivity index (χ4n) is 0.822. The maximum atomic E-state index is 11.0. The van der Waals surface area contributed by atoms with E-state index in [2.05, 4.69) is 10.3 Å². The first-order chi connectivity index (χ1) is 5.77. The number of amides is 1. The van der Waals surface area contributed by atoms with Crippen molar-refractivity contribution < 1.29 is 9.90 Å². The van der Waals surface area contributed by atoms with Gasteiger partial charge in [0.15, 0.2) is 0 Å². The second kappa shape index (κ2) is 3.82. The Balaban J connectivity index is 2.93. The molecule has 0 radical (unpaired) electrons. The van der Waals surface area contributed by atoms with Crippen molar-refractivity contribution in [1.29, 1.82) is 0 Å². The molecule has 0 atom stereocenters. The van der Waals surface area contributed by atoms with Gasteiger partial charge < -0.3 is 10.4 Å². The van der Waals surface area contributed by atoms with E-state index in [1.54, 1.807) is 18.2 Å². The summed E-state index contributed by atoms with van der Waals surface area (Å²) in [4.78, 5) is 14.9. The first kappa shape index (κ1) is 8.67. The number of aliphatic hydroxyl groups is 1. The lowest BCUT2D eigenvalue weighted by Gasteiger charge is -1.99. The minimum atomic E-state index is -0.245. The summed E-state index contributed by atoms with van der Waals surface area (Å²) in [5, 5.41) is 11.2. The Bertz CT molecular complexity index is 286. The first-order valence-corrected chi connectivity index (χ1v) is 3.57. The van der Waals surface area contributed by atoms with Gasteiger partial charge in [-0.2, -0.15) is 0 Å². The SMILES string of the molecule is CNC(=O)c1cccc(CO)n1. The van der Waals surface area contributed by atoms with Crippen molar-refractivity contribution in [3.63, 3.8) is 0 Å². The number of carbonyl (C=O) groups is 1. The van der Waals surface area contributed by atoms with E-state index in [1.165, 1.54) is 7.05 Å². The second-order valence-corrected chi connectivity index (χ2v) is 2.25. The fourth-order valence-corrected chi connectivity index (χ4v) is 0.822. The van der Waals surface area contributed by atoms with Gasteiger partial charge in [0, 0.05) is 7.05 Å². The van der Waals surface area contributed by atoms with Gasteiger partial charge >= 0.3 is 0 Å². The van der Waals surface area contributed by atoms with Crippen molar-refractivity contribution in [2.24, 2.45) is 0 Å². The van der Waals surface area contributed by atoms with Crippen LogP contribution in [0.4, 0.5) is 0 Å². The highest BCUT2D eigenvalue weighted by molar-refractivity contribution is 5.91. The number of pyridine rings is 1. The van der Waals surface area contributed by atoms with E-state index < -0.39 is 0 Å². The van der Waals surface area contributed by atoms with Crippen molar-refractivity contribution in [2.75, 3.05) is 7.05 Å². The van der Waals surface area contributed by atoms with E-state index >= 15 is 0 Å². The van der Waals surface area contributed by atoms with Crippen LogP contribution in [0.25, 0.3) is 0 Å². The molecule has 0 saturated heterocycles. The molecule has 0 aliphatic heterocycles. The lowest BCUT2D eigenvalue weighted by atomic mass is 10.3. The van der Waals surface area contributed by atoms with Crippen molar-refractivity contribution in [3.8, 4) is 0 Å². The zero-order valence-corrected chi connectivity index (χ0v) is 6.74. The van der Waals surface area contributed by atoms with Crippen LogP contribution in [0.15, 0.2) is 18.2 Å². The third kappa shape index (κ3) is 1.79. The standard InChI is InChI=1S/C8H10N2O2/c1-9-8(12)7-4-2-3-6(5-11)10-7/h2-4,11H,5H2,1H3,(H,9,12). The van der Waals surface area contributed by atoms with Crippen molar-refractivity contribution in [3.05, 3.63) is 29.6 Å². The smallest absolute Gasteiger partial charge is 0.269 e. The molecule has 64 valence electrons. The Hall–Kier alpha value is -1.42. The number of carbonyl (C=O) groups excluding carboxylic acids is 1. The van der Waals surface area contributed by atoms with Gasteiger partial charge in [-0.05, 0) is 12.1 Å². The maximum absolute atomic E-state index is 11.0. The maximum Gasteiger partial charge on any atom is 0.269 e. The second-order valence-electron chi connectivity index (χ2n) is 2.25. The van der Waals surface area contributed by atoms with Crippen LogP contribution in [0.2, 0.25) is 0 Å². The van der Waals surface area contributed by atoms with Gasteiger partial charge in [-0.25, -0.2) is 4.98 Å². The quantitative estimate of drug-likeness (QED) is 0.646. The summed E-state index contributed by atoms with van der Waals surface area (Å²) in [5.41, 5.74) is 0.820. The Morgan fingerprint density at radius 3 is 3.00 bits per heavy atom. The summed E-state index contributed by atoms with van der Waals surface area (Å²) >= 11 is 0. The summed E-state index contributed by atoms with van der Waals surface area (Å²) < 4.78 is 0. The molecule has 0 aromatic carbocycles. The molecule has 0 saturated carbocycles. The Labute approximate surface area is 70.3 Å². The van der Waals surface area contributed by atoms with Crippen LogP contribution in [0.1, 0.15) is 16.2 Å². The van der Waals surface area contributed by atoms with Crippen molar-refractivity contribution in [1.82, 2.24) is 10.3 Å². The minimum Gasteiger partial charge on any atom is -0.390 e. The number of nitrogens with zero attached hydrogens (tertiary/aromatic N) is 1. The van der Waals surface area contributed by atoms with E-state index in [9.17, 15) is 4.79 Å². The molecule has 0 spiro atoms. The van der Waals surface area contributed by atoms with Crippen LogP contribution < -0.4 is 5.32 Å². The van der Waals surface area contributed by atoms with Crippen LogP contribution in [-0.2, 0) is 6.61 Å². The number of rotatable bonds is 2. The molecule has 2 N–H and O–H groups in total. The highest BCUT2D eigenvalue weighted by Crippen LogP contribution is 1.98. The predicted octanol–water partition coefficient (Wildman–Crippen LogP) is -0.0665. The molecule has 1 rings (SSSR count). The molecular formula is C8H10N2O2. The molecular weight excluding hydrogens is 156 g/mol. The van der Waals surface area contributed by atoms with E-state index in [0.29, 0.717) is 11.4 Å². The molecule has 0 unspecified atom stereocenters. The largest absolute Gasteiger partial charge is 0.390 e. The summed E-state index contributed by atoms with van der Waals surface area (Å²) in [7, 11) is 1.54. The Morgan fingerprint density at radius 1 is 1.67 bits per heavy atom. The van der Waals surface area contributed by atoms with Crippen LogP contribution in [0.5, 0.6) is 0 Å². The van der Waals surface area contributed by atoms with Gasteiger partial charge in [0.05, 0.1) is 12.3 Å². The normalized spacial score (nSPS) is 9.50. The van der Waals surface area contributed by atoms with Gasteiger partial charge in [0.25, 0.3) is 5.91 Å². The van der Waals surface area contributed by atoms with E-state index in [4.69, 9.17) is 5.11 Å². The molecule has 1 amide bonds. The molecule has 0 bridgehead atoms. The van der Waals surface area contributed by atoms with Gasteiger partial charge in [0.2, 0.25) is 0 Å². The molecule has 1 aromatic heterocycles. The van der Waals surface area contributed by atoms with Crippen LogP contribution in [0, 0.1) is 0 Å². The third-order valence-corrected chi connectivity index (χ3v) is 1.43. The summed E-state index contributed by atoms with van der Waals surface area (Å²) in [5.74, 6) is -0.245. The predicted molar refractivity (Wildman–Crippen MR) is 43.6 cm³/mol. The zero-order valence-electron chi connectivity index (χ0n) is 6.74. The summed E-state index contributed by atoms with van der Waals surface area (Å²) in [6.07, 6.45) is 0. The molecule has 4 nitrogen and oxygen atoms in total. The number of hydrogen-bond donors (Lipinski definition) is 2. The molecule has 0 aliphatic rings. The summed E-state index contributed by atoms with van der Waals surface area (Å²) in [6, 6.07) is 4.94. The van der Waals surface area contributed by atoms with Crippen molar-refractivity contribution in [2.45, 2.75) is 6.61 Å². The van der Waals surface area contributed by atoms with E-state index in [-0.39, 0.29) is 12.5 Å². The first-order valence-electron chi connectivity index (χ1n) is 3.57. The minimum absolute atomic E-state index is 0.148. The molecule has 4 heteroatoms. The lowest BCUT2D eigenvalue weighted by Crippen LogP contribution is -2.19. The summed E-state index contributed by atoms with van der Waals surface area (Å²) in [6.45, 7) is -0.148. The van der Waals surface area contributed by atoms with Gasteiger partial charge in [-0.15, -0.1) is 0 Å². The number of aliphatic hydroxyl groups excluding tert-OH is 1. The van der Waals surface area contributed by atoms with Gasteiger partial charge in [0.1, 0.15) is 5.69 Å². The zero-order chi connectivity index (χ0) is 8.97. The topological polar surface area (TPSA) is 62.2 Å². The molecule has 0 fully saturated rings. The molecule has 1 heterocycles. The fraction of sp³-hybridized carbons (Fsp3) is 0.250. The molecule has 1 aromatic rings. The molecule has 0 aliphatic carbocycles. The number of hydrogen-bond acceptors (Lipinski definition) is 3. The van der Waals surface area contributed by atoms with E-state index in [1.807, 2.05) is 0 Å². The Morgan fingerprint density at radius 2 is 2.42 bits per heavy atom. The Kier molecular flexibility index (Phi) is 2.76. The highest BCUT2D eigenvalue weighted by Gasteiger charge is 2.03. The average molecular weight is 166 g/mol. The number of aromatic nitrogens is 1. The van der Waals surface area contributed by atoms with Crippen LogP contribution >= 0.6 is 0 Å². The van der Waals surface area contributed by atoms with E-state index in [0.717, 1.165) is 0 Å². The molecule has 12 heavy (non-hydrogen) atoms. The van der Waals surface area contributed by atoms with Crippen molar-refractivity contribution >= 4 is 5.91 Å². The van der Waals surface area contributed by atoms with Crippen LogP contribution in [0.3, 0.4) is 0 Å². The van der Waals surface area contributed by atoms with Crippen LogP contribution in [-0.4, -0.2) is 23.0 Å². The van der Waals surface area contributed by atoms with Gasteiger partial charge in [-0.1, -0.05) is 6.07 Å². The average Bonchev–Trinajstić information content (AvgIpc) is 2.17. The number of nitrogens with one attached hydrogen (secondary N) is 1.